The van der Waals surface area contributed by atoms with Gasteiger partial charge in [0.25, 0.3) is 0 Å². The van der Waals surface area contributed by atoms with E-state index in [1.54, 1.807) is 6.07 Å². The third-order valence-corrected chi connectivity index (χ3v) is 8.83. The molecule has 0 fully saturated rings. The maximum atomic E-state index is 14.2. The molecule has 0 aliphatic carbocycles. The van der Waals surface area contributed by atoms with E-state index in [0.29, 0.717) is 12.4 Å². The third kappa shape index (κ3) is 4.68. The molecule has 3 nitrogen and oxygen atoms in total. The van der Waals surface area contributed by atoms with E-state index in [0.717, 1.165) is 0 Å². The normalized spacial score (nSPS) is 14.0. The van der Waals surface area contributed by atoms with Gasteiger partial charge in [-0.3, -0.25) is 0 Å². The predicted molar refractivity (Wildman–Crippen MR) is 90.6 cm³/mol. The maximum absolute atomic E-state index is 14.2. The van der Waals surface area contributed by atoms with Crippen molar-refractivity contribution >= 4 is 19.9 Å². The van der Waals surface area contributed by atoms with E-state index in [4.69, 9.17) is 20.8 Å². The molecule has 0 heterocycles. The van der Waals surface area contributed by atoms with Gasteiger partial charge >= 0.3 is 0 Å². The first-order valence-corrected chi connectivity index (χ1v) is 10.7. The van der Waals surface area contributed by atoms with E-state index in [1.165, 1.54) is 6.07 Å². The van der Waals surface area contributed by atoms with E-state index in [9.17, 15) is 9.50 Å². The fourth-order valence-corrected chi connectivity index (χ4v) is 3.08. The average molecular weight is 349 g/mol. The van der Waals surface area contributed by atoms with Crippen LogP contribution in [-0.4, -0.2) is 26.3 Å². The zero-order chi connectivity index (χ0) is 17.1. The highest BCUT2D eigenvalue weighted by atomic mass is 35.5. The molecule has 22 heavy (non-hydrogen) atoms. The molecule has 1 unspecified atom stereocenters. The van der Waals surface area contributed by atoms with Gasteiger partial charge in [-0.05, 0) is 37.2 Å². The first-order chi connectivity index (χ1) is 9.99. The van der Waals surface area contributed by atoms with Crippen molar-refractivity contribution in [1.82, 2.24) is 0 Å². The number of hydrogen-bond donors (Lipinski definition) is 1. The Kier molecular flexibility index (Phi) is 6.44. The molecular weight excluding hydrogens is 323 g/mol. The largest absolute Gasteiger partial charge is 0.493 e. The Hall–Kier alpha value is -0.623. The number of hydrogen-bond acceptors (Lipinski definition) is 3. The molecule has 6 heteroatoms. The Morgan fingerprint density at radius 2 is 1.91 bits per heavy atom. The van der Waals surface area contributed by atoms with Crippen LogP contribution in [-0.2, 0) is 10.8 Å². The molecular formula is C16H26ClFO3Si. The molecule has 0 saturated carbocycles. The second kappa shape index (κ2) is 7.30. The summed E-state index contributed by atoms with van der Waals surface area (Å²) >= 11 is 5.83. The number of rotatable bonds is 6. The minimum atomic E-state index is -2.13. The Bertz CT molecular complexity index is 515. The molecule has 0 bridgehead atoms. The lowest BCUT2D eigenvalue weighted by molar-refractivity contribution is -0.0277. The third-order valence-electron chi connectivity index (χ3n) is 4.07. The van der Waals surface area contributed by atoms with Crippen LogP contribution < -0.4 is 4.74 Å². The van der Waals surface area contributed by atoms with Crippen molar-refractivity contribution in [2.75, 3.05) is 6.61 Å². The fraction of sp³-hybridized carbons (Fsp3) is 0.625. The van der Waals surface area contributed by atoms with E-state index < -0.39 is 20.4 Å². The van der Waals surface area contributed by atoms with Gasteiger partial charge in [0.1, 0.15) is 17.9 Å². The summed E-state index contributed by atoms with van der Waals surface area (Å²) in [6, 6.07) is 3.07. The summed E-state index contributed by atoms with van der Waals surface area (Å²) < 4.78 is 25.5. The molecule has 0 aromatic heterocycles. The number of halogens is 2. The number of ether oxygens (including phenoxy) is 1. The summed E-state index contributed by atoms with van der Waals surface area (Å²) in [5.74, 6) is -0.173. The van der Waals surface area contributed by atoms with Crippen LogP contribution in [0.25, 0.3) is 0 Å². The highest BCUT2D eigenvalue weighted by Gasteiger charge is 2.39. The Morgan fingerprint density at radius 3 is 2.41 bits per heavy atom. The molecule has 1 atom stereocenters. The average Bonchev–Trinajstić information content (AvgIpc) is 2.36. The lowest BCUT2D eigenvalue weighted by Gasteiger charge is -2.37. The van der Waals surface area contributed by atoms with Crippen molar-refractivity contribution in [3.05, 3.63) is 28.5 Å². The van der Waals surface area contributed by atoms with Gasteiger partial charge in [-0.1, -0.05) is 32.4 Å². The minimum Gasteiger partial charge on any atom is -0.493 e. The van der Waals surface area contributed by atoms with Gasteiger partial charge in [-0.15, -0.1) is 0 Å². The first kappa shape index (κ1) is 19.4. The Labute approximate surface area is 138 Å². The lowest BCUT2D eigenvalue weighted by Crippen LogP contribution is -2.44. The molecule has 0 aliphatic rings. The number of aliphatic hydroxyl groups is 1. The first-order valence-electron chi connectivity index (χ1n) is 7.45. The van der Waals surface area contributed by atoms with Crippen LogP contribution in [0.4, 0.5) is 4.39 Å². The summed E-state index contributed by atoms with van der Waals surface area (Å²) in [5, 5.41) is 10.2. The highest BCUT2D eigenvalue weighted by Crippen LogP contribution is 2.38. The molecule has 126 valence electrons. The molecule has 1 rings (SSSR count). The van der Waals surface area contributed by atoms with Crippen molar-refractivity contribution in [2.45, 2.75) is 58.5 Å². The topological polar surface area (TPSA) is 38.7 Å². The monoisotopic (exact) mass is 348 g/mol. The zero-order valence-electron chi connectivity index (χ0n) is 14.2. The molecule has 1 aromatic carbocycles. The van der Waals surface area contributed by atoms with Crippen LogP contribution in [0.2, 0.25) is 23.2 Å². The Morgan fingerprint density at radius 1 is 1.32 bits per heavy atom. The van der Waals surface area contributed by atoms with Gasteiger partial charge in [0.2, 0.25) is 0 Å². The zero-order valence-corrected chi connectivity index (χ0v) is 15.9. The minimum absolute atomic E-state index is 0.00817. The van der Waals surface area contributed by atoms with Crippen LogP contribution >= 0.6 is 11.6 Å². The van der Waals surface area contributed by atoms with Gasteiger partial charge < -0.3 is 14.3 Å². The molecule has 0 radical (unpaired) electrons. The van der Waals surface area contributed by atoms with Gasteiger partial charge in [0.05, 0.1) is 11.6 Å². The summed E-state index contributed by atoms with van der Waals surface area (Å²) in [4.78, 5) is 0. The summed E-state index contributed by atoms with van der Waals surface area (Å²) in [6.07, 6.45) is -1.08. The van der Waals surface area contributed by atoms with Gasteiger partial charge in [-0.25, -0.2) is 4.39 Å². The number of aliphatic hydroxyl groups excluding tert-OH is 1. The van der Waals surface area contributed by atoms with E-state index in [-0.39, 0.29) is 22.0 Å². The fourth-order valence-electron chi connectivity index (χ4n) is 1.79. The van der Waals surface area contributed by atoms with Crippen LogP contribution in [0, 0.1) is 5.82 Å². The van der Waals surface area contributed by atoms with Crippen molar-refractivity contribution in [3.8, 4) is 5.75 Å². The van der Waals surface area contributed by atoms with Crippen LogP contribution in [0.5, 0.6) is 5.75 Å². The molecule has 0 saturated heterocycles. The van der Waals surface area contributed by atoms with Crippen molar-refractivity contribution in [2.24, 2.45) is 0 Å². The van der Waals surface area contributed by atoms with Crippen molar-refractivity contribution in [1.29, 1.82) is 0 Å². The Balaban J connectivity index is 2.97. The molecule has 0 amide bonds. The second-order valence-electron chi connectivity index (χ2n) is 6.81. The van der Waals surface area contributed by atoms with Crippen LogP contribution in [0.1, 0.15) is 33.3 Å². The maximum Gasteiger partial charge on any atom is 0.195 e. The highest BCUT2D eigenvalue weighted by molar-refractivity contribution is 6.74. The standard InChI is InChI=1S/C16H26ClFO3Si/c1-7-20-13-9-8-12(17)15(18)11(13)10-14(19)21-22(5,6)16(2,3)4/h8-9,14,19H,7,10H2,1-6H3. The summed E-state index contributed by atoms with van der Waals surface area (Å²) in [5.41, 5.74) is 0.251. The van der Waals surface area contributed by atoms with E-state index in [1.807, 2.05) is 20.0 Å². The van der Waals surface area contributed by atoms with Gasteiger partial charge in [0, 0.05) is 12.0 Å². The van der Waals surface area contributed by atoms with Crippen molar-refractivity contribution in [3.63, 3.8) is 0 Å². The quantitative estimate of drug-likeness (QED) is 0.595. The smallest absolute Gasteiger partial charge is 0.195 e. The lowest BCUT2D eigenvalue weighted by atomic mass is 10.1. The molecule has 0 aliphatic heterocycles. The second-order valence-corrected chi connectivity index (χ2v) is 12.0. The SMILES string of the molecule is CCOc1ccc(Cl)c(F)c1CC(O)O[Si](C)(C)C(C)(C)C. The van der Waals surface area contributed by atoms with Crippen LogP contribution in [0.15, 0.2) is 12.1 Å². The van der Waals surface area contributed by atoms with E-state index >= 15 is 0 Å². The predicted octanol–water partition coefficient (Wildman–Crippen LogP) is 4.76. The van der Waals surface area contributed by atoms with Gasteiger partial charge in [-0.2, -0.15) is 0 Å². The summed E-state index contributed by atoms with van der Waals surface area (Å²) in [6.45, 7) is 12.5. The molecule has 1 aromatic rings. The van der Waals surface area contributed by atoms with E-state index in [2.05, 4.69) is 20.8 Å². The molecule has 1 N–H and O–H groups in total. The van der Waals surface area contributed by atoms with Crippen molar-refractivity contribution < 1.29 is 18.7 Å². The van der Waals surface area contributed by atoms with Gasteiger partial charge in [0.15, 0.2) is 8.32 Å². The molecule has 0 spiro atoms. The van der Waals surface area contributed by atoms with Crippen LogP contribution in [0.3, 0.4) is 0 Å². The number of benzene rings is 1. The summed E-state index contributed by atoms with van der Waals surface area (Å²) in [7, 11) is -2.13.